The molecule has 0 unspecified atom stereocenters. The van der Waals surface area contributed by atoms with Crippen molar-refractivity contribution in [1.29, 1.82) is 0 Å². The summed E-state index contributed by atoms with van der Waals surface area (Å²) in [5.74, 6) is 0.171. The van der Waals surface area contributed by atoms with Crippen LogP contribution in [0.5, 0.6) is 11.5 Å². The largest absolute Gasteiger partial charge is 0.504 e. The number of carbonyl (C=O) groups is 1. The van der Waals surface area contributed by atoms with Crippen LogP contribution in [0.15, 0.2) is 33.2 Å². The molecule has 0 radical (unpaired) electrons. The molecular formula is C17H13Br2NO3. The fraction of sp³-hybridized carbons (Fsp3) is 0.118. The van der Waals surface area contributed by atoms with Crippen LogP contribution in [0, 0.1) is 6.92 Å². The zero-order valence-corrected chi connectivity index (χ0v) is 15.6. The summed E-state index contributed by atoms with van der Waals surface area (Å²) in [5, 5.41) is 13.1. The van der Waals surface area contributed by atoms with Gasteiger partial charge in [-0.3, -0.25) is 4.79 Å². The third-order valence-corrected chi connectivity index (χ3v) is 5.23. The summed E-state index contributed by atoms with van der Waals surface area (Å²) >= 11 is 6.97. The smallest absolute Gasteiger partial charge is 0.256 e. The fourth-order valence-corrected chi connectivity index (χ4v) is 3.85. The van der Waals surface area contributed by atoms with Crippen molar-refractivity contribution in [2.24, 2.45) is 0 Å². The van der Waals surface area contributed by atoms with Crippen molar-refractivity contribution in [2.45, 2.75) is 6.92 Å². The molecule has 0 saturated heterocycles. The van der Waals surface area contributed by atoms with Crippen molar-refractivity contribution in [3.63, 3.8) is 0 Å². The molecule has 1 aliphatic rings. The molecule has 4 nitrogen and oxygen atoms in total. The first kappa shape index (κ1) is 16.1. The third kappa shape index (κ3) is 2.66. The number of fused-ring (bicyclic) bond motifs is 1. The minimum absolute atomic E-state index is 0.00969. The number of ether oxygens (including phenoxy) is 1. The van der Waals surface area contributed by atoms with E-state index < -0.39 is 0 Å². The summed E-state index contributed by atoms with van der Waals surface area (Å²) in [7, 11) is 1.49. The fourth-order valence-electron chi connectivity index (χ4n) is 2.58. The number of phenolic OH excluding ortho intramolecular Hbond substituents is 1. The third-order valence-electron chi connectivity index (χ3n) is 3.78. The van der Waals surface area contributed by atoms with Gasteiger partial charge in [-0.1, -0.05) is 28.1 Å². The summed E-state index contributed by atoms with van der Waals surface area (Å²) in [6.07, 6.45) is 1.67. The van der Waals surface area contributed by atoms with Gasteiger partial charge >= 0.3 is 0 Å². The van der Waals surface area contributed by atoms with Gasteiger partial charge in [0.2, 0.25) is 0 Å². The van der Waals surface area contributed by atoms with Crippen LogP contribution in [0.25, 0.3) is 11.6 Å². The molecule has 0 bridgehead atoms. The van der Waals surface area contributed by atoms with E-state index in [9.17, 15) is 9.90 Å². The second-order valence-corrected chi connectivity index (χ2v) is 6.83. The van der Waals surface area contributed by atoms with E-state index in [-0.39, 0.29) is 11.7 Å². The number of amides is 1. The zero-order chi connectivity index (χ0) is 16.7. The van der Waals surface area contributed by atoms with Crippen LogP contribution < -0.4 is 10.1 Å². The molecule has 2 N–H and O–H groups in total. The number of carbonyl (C=O) groups excluding carboxylic acids is 1. The maximum absolute atomic E-state index is 12.4. The number of hydrogen-bond donors (Lipinski definition) is 2. The van der Waals surface area contributed by atoms with Gasteiger partial charge < -0.3 is 15.2 Å². The lowest BCUT2D eigenvalue weighted by atomic mass is 9.99. The number of anilines is 1. The Labute approximate surface area is 150 Å². The summed E-state index contributed by atoms with van der Waals surface area (Å²) in [6.45, 7) is 1.94. The topological polar surface area (TPSA) is 58.6 Å². The molecule has 0 aromatic heterocycles. The standard InChI is InChI=1S/C17H13Br2NO3/c1-8-11(18)7-12(19)15-14(8)10(17(22)20-15)6-9-4-3-5-13(23-2)16(9)21/h3-7,21H,1-2H3,(H,20,22). The molecular weight excluding hydrogens is 426 g/mol. The summed E-state index contributed by atoms with van der Waals surface area (Å²) < 4.78 is 6.82. The maximum Gasteiger partial charge on any atom is 0.256 e. The maximum atomic E-state index is 12.4. The van der Waals surface area contributed by atoms with E-state index in [1.165, 1.54) is 7.11 Å². The second kappa shape index (κ2) is 6.02. The zero-order valence-electron chi connectivity index (χ0n) is 12.4. The Balaban J connectivity index is 2.22. The van der Waals surface area contributed by atoms with E-state index >= 15 is 0 Å². The molecule has 0 spiro atoms. The minimum Gasteiger partial charge on any atom is -0.504 e. The van der Waals surface area contributed by atoms with Gasteiger partial charge in [0.15, 0.2) is 11.5 Å². The Hall–Kier alpha value is -1.79. The SMILES string of the molecule is COc1cccc(C=C2C(=O)Nc3c(Br)cc(Br)c(C)c32)c1O. The number of para-hydroxylation sites is 1. The monoisotopic (exact) mass is 437 g/mol. The molecule has 6 heteroatoms. The van der Waals surface area contributed by atoms with Gasteiger partial charge in [-0.2, -0.15) is 0 Å². The Morgan fingerprint density at radius 1 is 1.26 bits per heavy atom. The Morgan fingerprint density at radius 2 is 2.00 bits per heavy atom. The van der Waals surface area contributed by atoms with Crippen molar-refractivity contribution in [1.82, 2.24) is 0 Å². The summed E-state index contributed by atoms with van der Waals surface area (Å²) in [4.78, 5) is 12.4. The summed E-state index contributed by atoms with van der Waals surface area (Å²) in [5.41, 5.74) is 3.54. The van der Waals surface area contributed by atoms with Crippen LogP contribution in [-0.4, -0.2) is 18.1 Å². The molecule has 1 heterocycles. The van der Waals surface area contributed by atoms with Gasteiger partial charge in [0, 0.05) is 20.1 Å². The number of phenols is 1. The molecule has 3 rings (SSSR count). The lowest BCUT2D eigenvalue weighted by Crippen LogP contribution is -2.03. The Bertz CT molecular complexity index is 859. The molecule has 2 aromatic rings. The first-order valence-corrected chi connectivity index (χ1v) is 8.40. The van der Waals surface area contributed by atoms with E-state index in [1.807, 2.05) is 13.0 Å². The Morgan fingerprint density at radius 3 is 2.70 bits per heavy atom. The molecule has 0 saturated carbocycles. The minimum atomic E-state index is -0.205. The number of methoxy groups -OCH3 is 1. The normalized spacial score (nSPS) is 14.8. The molecule has 1 aliphatic heterocycles. The number of aromatic hydroxyl groups is 1. The molecule has 1 amide bonds. The van der Waals surface area contributed by atoms with Crippen LogP contribution in [-0.2, 0) is 4.79 Å². The average molecular weight is 439 g/mol. The van der Waals surface area contributed by atoms with Gasteiger partial charge in [0.25, 0.3) is 5.91 Å². The molecule has 0 aliphatic carbocycles. The lowest BCUT2D eigenvalue weighted by molar-refractivity contribution is -0.110. The van der Waals surface area contributed by atoms with Crippen molar-refractivity contribution in [3.05, 3.63) is 49.9 Å². The van der Waals surface area contributed by atoms with Crippen molar-refractivity contribution < 1.29 is 14.6 Å². The number of nitrogens with one attached hydrogen (secondary N) is 1. The molecule has 2 aromatic carbocycles. The van der Waals surface area contributed by atoms with Gasteiger partial charge in [0.1, 0.15) is 0 Å². The van der Waals surface area contributed by atoms with E-state index in [0.717, 1.165) is 25.8 Å². The van der Waals surface area contributed by atoms with Crippen LogP contribution in [0.3, 0.4) is 0 Å². The van der Waals surface area contributed by atoms with E-state index in [1.54, 1.807) is 24.3 Å². The predicted octanol–water partition coefficient (Wildman–Crippen LogP) is 4.73. The highest BCUT2D eigenvalue weighted by molar-refractivity contribution is 9.11. The quantitative estimate of drug-likeness (QED) is 0.666. The Kier molecular flexibility index (Phi) is 4.21. The highest BCUT2D eigenvalue weighted by Gasteiger charge is 2.29. The second-order valence-electron chi connectivity index (χ2n) is 5.13. The average Bonchev–Trinajstić information content (AvgIpc) is 2.85. The van der Waals surface area contributed by atoms with Crippen molar-refractivity contribution >= 4 is 55.1 Å². The summed E-state index contributed by atoms with van der Waals surface area (Å²) in [6, 6.07) is 7.07. The van der Waals surface area contributed by atoms with E-state index in [4.69, 9.17) is 4.74 Å². The lowest BCUT2D eigenvalue weighted by Gasteiger charge is -2.09. The van der Waals surface area contributed by atoms with E-state index in [2.05, 4.69) is 37.2 Å². The molecule has 23 heavy (non-hydrogen) atoms. The number of halogens is 2. The van der Waals surface area contributed by atoms with Crippen LogP contribution in [0.2, 0.25) is 0 Å². The van der Waals surface area contributed by atoms with Gasteiger partial charge in [-0.25, -0.2) is 0 Å². The van der Waals surface area contributed by atoms with Crippen molar-refractivity contribution in [2.75, 3.05) is 12.4 Å². The van der Waals surface area contributed by atoms with Gasteiger partial charge in [-0.05, 0) is 46.6 Å². The van der Waals surface area contributed by atoms with E-state index in [0.29, 0.717) is 16.9 Å². The first-order chi connectivity index (χ1) is 10.9. The van der Waals surface area contributed by atoms with Crippen LogP contribution >= 0.6 is 31.9 Å². The number of rotatable bonds is 2. The first-order valence-electron chi connectivity index (χ1n) is 6.82. The van der Waals surface area contributed by atoms with Gasteiger partial charge in [-0.15, -0.1) is 0 Å². The van der Waals surface area contributed by atoms with Crippen molar-refractivity contribution in [3.8, 4) is 11.5 Å². The molecule has 0 fully saturated rings. The van der Waals surface area contributed by atoms with Crippen LogP contribution in [0.1, 0.15) is 16.7 Å². The highest BCUT2D eigenvalue weighted by Crippen LogP contribution is 2.44. The predicted molar refractivity (Wildman–Crippen MR) is 97.7 cm³/mol. The van der Waals surface area contributed by atoms with Gasteiger partial charge in [0.05, 0.1) is 18.4 Å². The highest BCUT2D eigenvalue weighted by atomic mass is 79.9. The van der Waals surface area contributed by atoms with Crippen LogP contribution in [0.4, 0.5) is 5.69 Å². The molecule has 0 atom stereocenters. The number of hydrogen-bond acceptors (Lipinski definition) is 3. The molecule has 118 valence electrons. The number of benzene rings is 2.